The number of rotatable bonds is 4. The normalized spacial score (nSPS) is 11.1. The van der Waals surface area contributed by atoms with Crippen LogP contribution in [-0.4, -0.2) is 13.0 Å². The summed E-state index contributed by atoms with van der Waals surface area (Å²) in [6, 6.07) is 14.4. The van der Waals surface area contributed by atoms with Gasteiger partial charge in [-0.05, 0) is 42.5 Å². The van der Waals surface area contributed by atoms with Crippen molar-refractivity contribution in [3.8, 4) is 23.9 Å². The van der Waals surface area contributed by atoms with Gasteiger partial charge in [0.05, 0.1) is 16.2 Å². The van der Waals surface area contributed by atoms with Gasteiger partial charge in [0.15, 0.2) is 5.57 Å². The molecule has 0 saturated carbocycles. The molecule has 0 fully saturated rings. The molecule has 1 heterocycles. The highest BCUT2D eigenvalue weighted by atomic mass is 32.2. The Balaban J connectivity index is 2.52. The van der Waals surface area contributed by atoms with Crippen molar-refractivity contribution in [2.45, 2.75) is 4.90 Å². The molecule has 0 unspecified atom stereocenters. The lowest BCUT2D eigenvalue weighted by molar-refractivity contribution is 0.598. The molecule has 26 heavy (non-hydrogen) atoms. The molecule has 1 aromatic carbocycles. The van der Waals surface area contributed by atoms with Crippen LogP contribution in [0.5, 0.6) is 0 Å². The standard InChI is InChI=1S/C17H12N6O2S/c18-9-12(17(21)13(10-19)11-20)8-15-2-1-7-23(15)14-3-5-16(6-4-14)26(22,24)25/h1-8H,21H2,(H2,22,24,25). The molecule has 9 heteroatoms. The summed E-state index contributed by atoms with van der Waals surface area (Å²) in [6.07, 6.45) is 3.12. The molecular weight excluding hydrogens is 352 g/mol. The van der Waals surface area contributed by atoms with E-state index in [1.807, 2.05) is 6.07 Å². The van der Waals surface area contributed by atoms with E-state index >= 15 is 0 Å². The lowest BCUT2D eigenvalue weighted by atomic mass is 10.1. The summed E-state index contributed by atoms with van der Waals surface area (Å²) in [7, 11) is -3.80. The first-order valence-corrected chi connectivity index (χ1v) is 8.59. The maximum absolute atomic E-state index is 11.3. The van der Waals surface area contributed by atoms with Gasteiger partial charge in [0.1, 0.15) is 18.2 Å². The Labute approximate surface area is 150 Å². The molecule has 0 radical (unpaired) electrons. The second-order valence-corrected chi connectivity index (χ2v) is 6.59. The molecule has 0 amide bonds. The Hall–Kier alpha value is -3.84. The Morgan fingerprint density at radius 3 is 2.15 bits per heavy atom. The smallest absolute Gasteiger partial charge is 0.238 e. The number of primary sulfonamides is 1. The van der Waals surface area contributed by atoms with E-state index in [9.17, 15) is 13.7 Å². The summed E-state index contributed by atoms with van der Waals surface area (Å²) in [5.41, 5.74) is 6.28. The van der Waals surface area contributed by atoms with Crippen LogP contribution in [0.2, 0.25) is 0 Å². The number of aromatic nitrogens is 1. The number of allylic oxidation sites excluding steroid dienone is 2. The average Bonchev–Trinajstić information content (AvgIpc) is 3.08. The van der Waals surface area contributed by atoms with E-state index in [4.69, 9.17) is 21.4 Å². The maximum Gasteiger partial charge on any atom is 0.238 e. The quantitative estimate of drug-likeness (QED) is 0.613. The van der Waals surface area contributed by atoms with E-state index < -0.39 is 10.0 Å². The largest absolute Gasteiger partial charge is 0.396 e. The van der Waals surface area contributed by atoms with E-state index in [-0.39, 0.29) is 21.7 Å². The van der Waals surface area contributed by atoms with E-state index in [0.717, 1.165) is 0 Å². The van der Waals surface area contributed by atoms with Crippen molar-refractivity contribution in [2.75, 3.05) is 0 Å². The summed E-state index contributed by atoms with van der Waals surface area (Å²) in [4.78, 5) is -0.0249. The predicted molar refractivity (Wildman–Crippen MR) is 93.2 cm³/mol. The van der Waals surface area contributed by atoms with Gasteiger partial charge < -0.3 is 10.3 Å². The third-order valence-electron chi connectivity index (χ3n) is 3.42. The first-order valence-electron chi connectivity index (χ1n) is 7.04. The van der Waals surface area contributed by atoms with Gasteiger partial charge in [-0.2, -0.15) is 15.8 Å². The minimum absolute atomic E-state index is 0.0249. The average molecular weight is 364 g/mol. The van der Waals surface area contributed by atoms with Crippen molar-refractivity contribution < 1.29 is 8.42 Å². The second-order valence-electron chi connectivity index (χ2n) is 5.02. The Kier molecular flexibility index (Phi) is 5.24. The van der Waals surface area contributed by atoms with Gasteiger partial charge in [0.2, 0.25) is 10.0 Å². The molecule has 4 N–H and O–H groups in total. The SMILES string of the molecule is N#CC(=Cc1cccn1-c1ccc(S(N)(=O)=O)cc1)C(N)=C(C#N)C#N. The van der Waals surface area contributed by atoms with E-state index in [1.54, 1.807) is 47.2 Å². The number of hydrogen-bond acceptors (Lipinski definition) is 6. The van der Waals surface area contributed by atoms with Crippen molar-refractivity contribution in [3.05, 3.63) is 65.1 Å². The van der Waals surface area contributed by atoms with Crippen LogP contribution in [0.3, 0.4) is 0 Å². The predicted octanol–water partition coefficient (Wildman–Crippen LogP) is 1.29. The number of benzene rings is 1. The summed E-state index contributed by atoms with van der Waals surface area (Å²) >= 11 is 0. The third kappa shape index (κ3) is 3.80. The van der Waals surface area contributed by atoms with E-state index in [1.165, 1.54) is 18.2 Å². The molecule has 0 saturated heterocycles. The van der Waals surface area contributed by atoms with Crippen LogP contribution in [0.25, 0.3) is 11.8 Å². The van der Waals surface area contributed by atoms with Gasteiger partial charge in [0.25, 0.3) is 0 Å². The number of nitriles is 3. The van der Waals surface area contributed by atoms with Crippen LogP contribution in [-0.2, 0) is 10.0 Å². The molecule has 0 aliphatic heterocycles. The number of hydrogen-bond donors (Lipinski definition) is 2. The molecular formula is C17H12N6O2S. The van der Waals surface area contributed by atoms with E-state index in [2.05, 4.69) is 0 Å². The van der Waals surface area contributed by atoms with Gasteiger partial charge in [-0.25, -0.2) is 13.6 Å². The maximum atomic E-state index is 11.3. The molecule has 2 aromatic rings. The molecule has 128 valence electrons. The molecule has 0 bridgehead atoms. The molecule has 1 aromatic heterocycles. The van der Waals surface area contributed by atoms with Crippen LogP contribution in [0, 0.1) is 34.0 Å². The molecule has 0 aliphatic rings. The van der Waals surface area contributed by atoms with Crippen molar-refractivity contribution in [3.63, 3.8) is 0 Å². The fourth-order valence-electron chi connectivity index (χ4n) is 2.14. The van der Waals surface area contributed by atoms with Gasteiger partial charge in [-0.3, -0.25) is 0 Å². The van der Waals surface area contributed by atoms with Gasteiger partial charge in [-0.1, -0.05) is 0 Å². The fourth-order valence-corrected chi connectivity index (χ4v) is 2.66. The lowest BCUT2D eigenvalue weighted by Crippen LogP contribution is -2.12. The summed E-state index contributed by atoms with van der Waals surface area (Å²) in [5, 5.41) is 32.1. The lowest BCUT2D eigenvalue weighted by Gasteiger charge is -2.08. The first kappa shape index (κ1) is 18.5. The third-order valence-corrected chi connectivity index (χ3v) is 4.35. The number of nitrogens with two attached hydrogens (primary N) is 2. The minimum Gasteiger partial charge on any atom is -0.396 e. The number of sulfonamides is 1. The van der Waals surface area contributed by atoms with Crippen molar-refractivity contribution in [2.24, 2.45) is 10.9 Å². The van der Waals surface area contributed by atoms with Crippen molar-refractivity contribution in [1.29, 1.82) is 15.8 Å². The molecule has 8 nitrogen and oxygen atoms in total. The zero-order valence-corrected chi connectivity index (χ0v) is 14.1. The summed E-state index contributed by atoms with van der Waals surface area (Å²) in [5.74, 6) is 0. The van der Waals surface area contributed by atoms with Gasteiger partial charge in [0, 0.05) is 17.6 Å². The zero-order valence-electron chi connectivity index (χ0n) is 13.3. The van der Waals surface area contributed by atoms with Crippen molar-refractivity contribution in [1.82, 2.24) is 4.57 Å². The Bertz CT molecular complexity index is 1120. The highest BCUT2D eigenvalue weighted by Crippen LogP contribution is 2.19. The monoisotopic (exact) mass is 364 g/mol. The van der Waals surface area contributed by atoms with Crippen LogP contribution in [0.15, 0.2) is 64.3 Å². The van der Waals surface area contributed by atoms with Crippen LogP contribution in [0.1, 0.15) is 5.69 Å². The van der Waals surface area contributed by atoms with Gasteiger partial charge >= 0.3 is 0 Å². The highest BCUT2D eigenvalue weighted by molar-refractivity contribution is 7.89. The Morgan fingerprint density at radius 2 is 1.65 bits per heavy atom. The molecule has 2 rings (SSSR count). The van der Waals surface area contributed by atoms with E-state index in [0.29, 0.717) is 11.4 Å². The molecule has 0 aliphatic carbocycles. The number of nitrogens with zero attached hydrogens (tertiary/aromatic N) is 4. The topological polar surface area (TPSA) is 162 Å². The second kappa shape index (κ2) is 7.37. The van der Waals surface area contributed by atoms with Crippen LogP contribution in [0.4, 0.5) is 0 Å². The highest BCUT2D eigenvalue weighted by Gasteiger charge is 2.11. The van der Waals surface area contributed by atoms with Crippen molar-refractivity contribution >= 4 is 16.1 Å². The minimum atomic E-state index is -3.80. The van der Waals surface area contributed by atoms with Gasteiger partial charge in [-0.15, -0.1) is 0 Å². The van der Waals surface area contributed by atoms with Crippen LogP contribution >= 0.6 is 0 Å². The summed E-state index contributed by atoms with van der Waals surface area (Å²) in [6.45, 7) is 0. The Morgan fingerprint density at radius 1 is 1.04 bits per heavy atom. The van der Waals surface area contributed by atoms with Crippen LogP contribution < -0.4 is 10.9 Å². The molecule has 0 spiro atoms. The zero-order chi connectivity index (χ0) is 19.3. The fraction of sp³-hybridized carbons (Fsp3) is 0. The first-order chi connectivity index (χ1) is 12.3. The molecule has 0 atom stereocenters. The summed E-state index contributed by atoms with van der Waals surface area (Å²) < 4.78 is 24.3.